The van der Waals surface area contributed by atoms with Crippen molar-refractivity contribution in [3.63, 3.8) is 0 Å². The second-order valence-corrected chi connectivity index (χ2v) is 7.17. The van der Waals surface area contributed by atoms with Gasteiger partial charge in [0.25, 0.3) is 5.91 Å². The molecule has 1 saturated heterocycles. The van der Waals surface area contributed by atoms with Crippen molar-refractivity contribution in [1.29, 1.82) is 0 Å². The molecule has 7 heteroatoms. The molecule has 0 saturated carbocycles. The minimum atomic E-state index is -1.00. The lowest BCUT2D eigenvalue weighted by molar-refractivity contribution is -0.168. The molecular weight excluding hydrogens is 353 g/mol. The fourth-order valence-corrected chi connectivity index (χ4v) is 2.69. The fraction of sp³-hybridized carbons (Fsp3) is 0.600. The Hall–Kier alpha value is -1.99. The van der Waals surface area contributed by atoms with Crippen molar-refractivity contribution >= 4 is 17.6 Å². The summed E-state index contributed by atoms with van der Waals surface area (Å²) in [6.07, 6.45) is 0.0881. The van der Waals surface area contributed by atoms with Crippen LogP contribution in [0.25, 0.3) is 0 Å². The number of esters is 1. The second kappa shape index (κ2) is 9.80. The zero-order valence-electron chi connectivity index (χ0n) is 16.3. The van der Waals surface area contributed by atoms with Crippen LogP contribution < -0.4 is 5.32 Å². The van der Waals surface area contributed by atoms with Gasteiger partial charge in [-0.3, -0.25) is 4.79 Å². The highest BCUT2D eigenvalue weighted by molar-refractivity contribution is 5.95. The number of carbonyl (C=O) groups is 2. The summed E-state index contributed by atoms with van der Waals surface area (Å²) in [5, 5.41) is 2.60. The number of hydrogen-bond donors (Lipinski definition) is 1. The number of halogens is 1. The van der Waals surface area contributed by atoms with Crippen LogP contribution >= 0.6 is 0 Å². The molecule has 3 unspecified atom stereocenters. The van der Waals surface area contributed by atoms with Gasteiger partial charge in [0.15, 0.2) is 12.2 Å². The number of aryl methyl sites for hydroxylation is 1. The van der Waals surface area contributed by atoms with E-state index in [4.69, 9.17) is 14.2 Å². The highest BCUT2D eigenvalue weighted by atomic mass is 19.1. The van der Waals surface area contributed by atoms with Gasteiger partial charge in [-0.05, 0) is 50.3 Å². The fourth-order valence-electron chi connectivity index (χ4n) is 2.69. The van der Waals surface area contributed by atoms with Crippen LogP contribution in [-0.4, -0.2) is 43.4 Å². The normalized spacial score (nSPS) is 19.0. The SMILES string of the molecule is Cc1ccc(NC(=O)C(OC(=O)C(C)OCC2CCCO2)C(C)C)cc1F. The maximum absolute atomic E-state index is 13.7. The lowest BCUT2D eigenvalue weighted by Crippen LogP contribution is -2.39. The molecule has 1 heterocycles. The Bertz CT molecular complexity index is 658. The van der Waals surface area contributed by atoms with Gasteiger partial charge in [-0.2, -0.15) is 0 Å². The summed E-state index contributed by atoms with van der Waals surface area (Å²) < 4.78 is 30.0. The second-order valence-electron chi connectivity index (χ2n) is 7.17. The predicted octanol–water partition coefficient (Wildman–Crippen LogP) is 3.22. The highest BCUT2D eigenvalue weighted by Gasteiger charge is 2.29. The summed E-state index contributed by atoms with van der Waals surface area (Å²) in [4.78, 5) is 24.8. The summed E-state index contributed by atoms with van der Waals surface area (Å²) in [5.74, 6) is -1.79. The number of anilines is 1. The standard InChI is InChI=1S/C20H28FNO5/c1-12(2)18(19(23)22-15-8-7-13(3)17(21)10-15)27-20(24)14(4)26-11-16-6-5-9-25-16/h7-8,10,12,14,16,18H,5-6,9,11H2,1-4H3,(H,22,23). The molecule has 0 aromatic heterocycles. The molecule has 1 fully saturated rings. The molecule has 1 aliphatic rings. The lowest BCUT2D eigenvalue weighted by Gasteiger charge is -2.23. The Balaban J connectivity index is 1.91. The third kappa shape index (κ3) is 6.29. The monoisotopic (exact) mass is 381 g/mol. The van der Waals surface area contributed by atoms with Crippen LogP contribution in [0.15, 0.2) is 18.2 Å². The Kier molecular flexibility index (Phi) is 7.74. The van der Waals surface area contributed by atoms with Crippen molar-refractivity contribution in [1.82, 2.24) is 0 Å². The van der Waals surface area contributed by atoms with E-state index in [2.05, 4.69) is 5.32 Å². The maximum Gasteiger partial charge on any atom is 0.335 e. The van der Waals surface area contributed by atoms with Gasteiger partial charge in [0, 0.05) is 12.3 Å². The molecule has 1 amide bonds. The van der Waals surface area contributed by atoms with E-state index in [-0.39, 0.29) is 12.0 Å². The first-order valence-corrected chi connectivity index (χ1v) is 9.28. The van der Waals surface area contributed by atoms with Gasteiger partial charge in [0.05, 0.1) is 12.7 Å². The molecule has 0 aliphatic carbocycles. The Labute approximate surface area is 159 Å². The summed E-state index contributed by atoms with van der Waals surface area (Å²) in [7, 11) is 0. The molecule has 1 aliphatic heterocycles. The smallest absolute Gasteiger partial charge is 0.335 e. The summed E-state index contributed by atoms with van der Waals surface area (Å²) in [5.41, 5.74) is 0.796. The van der Waals surface area contributed by atoms with E-state index >= 15 is 0 Å². The minimum absolute atomic E-state index is 0.000813. The van der Waals surface area contributed by atoms with E-state index in [0.717, 1.165) is 12.8 Å². The average Bonchev–Trinajstić information content (AvgIpc) is 3.13. The van der Waals surface area contributed by atoms with Crippen molar-refractivity contribution in [2.75, 3.05) is 18.5 Å². The average molecular weight is 381 g/mol. The molecular formula is C20H28FNO5. The molecule has 0 bridgehead atoms. The predicted molar refractivity (Wildman–Crippen MR) is 98.9 cm³/mol. The number of hydrogen-bond acceptors (Lipinski definition) is 5. The number of nitrogens with one attached hydrogen (secondary N) is 1. The summed E-state index contributed by atoms with van der Waals surface area (Å²) in [6.45, 7) is 7.79. The van der Waals surface area contributed by atoms with E-state index in [9.17, 15) is 14.0 Å². The van der Waals surface area contributed by atoms with Crippen molar-refractivity contribution in [3.8, 4) is 0 Å². The third-order valence-electron chi connectivity index (χ3n) is 4.43. The molecule has 0 radical (unpaired) electrons. The first-order valence-electron chi connectivity index (χ1n) is 9.28. The highest BCUT2D eigenvalue weighted by Crippen LogP contribution is 2.17. The van der Waals surface area contributed by atoms with E-state index in [1.165, 1.54) is 6.07 Å². The van der Waals surface area contributed by atoms with Gasteiger partial charge < -0.3 is 19.5 Å². The van der Waals surface area contributed by atoms with E-state index in [1.807, 2.05) is 0 Å². The van der Waals surface area contributed by atoms with Crippen molar-refractivity contribution in [2.24, 2.45) is 5.92 Å². The third-order valence-corrected chi connectivity index (χ3v) is 4.43. The summed E-state index contributed by atoms with van der Waals surface area (Å²) in [6, 6.07) is 4.41. The Morgan fingerprint density at radius 3 is 2.67 bits per heavy atom. The number of rotatable bonds is 8. The number of carbonyl (C=O) groups excluding carboxylic acids is 2. The van der Waals surface area contributed by atoms with Crippen LogP contribution in [0.2, 0.25) is 0 Å². The molecule has 0 spiro atoms. The topological polar surface area (TPSA) is 73.9 Å². The van der Waals surface area contributed by atoms with Crippen LogP contribution in [-0.2, 0) is 23.8 Å². The van der Waals surface area contributed by atoms with Gasteiger partial charge >= 0.3 is 5.97 Å². The van der Waals surface area contributed by atoms with Gasteiger partial charge in [-0.15, -0.1) is 0 Å². The van der Waals surface area contributed by atoms with Crippen molar-refractivity contribution < 1.29 is 28.2 Å². The molecule has 27 heavy (non-hydrogen) atoms. The van der Waals surface area contributed by atoms with Crippen LogP contribution in [0, 0.1) is 18.7 Å². The lowest BCUT2D eigenvalue weighted by atomic mass is 10.1. The largest absolute Gasteiger partial charge is 0.450 e. The summed E-state index contributed by atoms with van der Waals surface area (Å²) >= 11 is 0. The van der Waals surface area contributed by atoms with E-state index < -0.39 is 29.9 Å². The number of amides is 1. The van der Waals surface area contributed by atoms with Crippen LogP contribution in [0.1, 0.15) is 39.2 Å². The van der Waals surface area contributed by atoms with Crippen molar-refractivity contribution in [3.05, 3.63) is 29.6 Å². The van der Waals surface area contributed by atoms with Gasteiger partial charge in [0.1, 0.15) is 5.82 Å². The first-order chi connectivity index (χ1) is 12.8. The quantitative estimate of drug-likeness (QED) is 0.700. The molecule has 2 rings (SSSR count). The molecule has 3 atom stereocenters. The Morgan fingerprint density at radius 2 is 2.07 bits per heavy atom. The Morgan fingerprint density at radius 1 is 1.33 bits per heavy atom. The molecule has 1 aromatic carbocycles. The zero-order chi connectivity index (χ0) is 20.0. The zero-order valence-corrected chi connectivity index (χ0v) is 16.3. The van der Waals surface area contributed by atoms with Gasteiger partial charge in [0.2, 0.25) is 0 Å². The maximum atomic E-state index is 13.7. The molecule has 150 valence electrons. The van der Waals surface area contributed by atoms with E-state index in [0.29, 0.717) is 24.5 Å². The number of ether oxygens (including phenoxy) is 3. The van der Waals surface area contributed by atoms with Crippen LogP contribution in [0.4, 0.5) is 10.1 Å². The van der Waals surface area contributed by atoms with Gasteiger partial charge in [-0.25, -0.2) is 9.18 Å². The molecule has 1 N–H and O–H groups in total. The first kappa shape index (κ1) is 21.3. The van der Waals surface area contributed by atoms with Crippen LogP contribution in [0.3, 0.4) is 0 Å². The number of benzene rings is 1. The molecule has 1 aromatic rings. The minimum Gasteiger partial charge on any atom is -0.450 e. The van der Waals surface area contributed by atoms with E-state index in [1.54, 1.807) is 39.8 Å². The van der Waals surface area contributed by atoms with Crippen molar-refractivity contribution in [2.45, 2.75) is 58.8 Å². The van der Waals surface area contributed by atoms with Gasteiger partial charge in [-0.1, -0.05) is 19.9 Å². The molecule has 6 nitrogen and oxygen atoms in total. The van der Waals surface area contributed by atoms with Crippen LogP contribution in [0.5, 0.6) is 0 Å².